The third-order valence-electron chi connectivity index (χ3n) is 19.1. The molecule has 0 saturated carbocycles. The van der Waals surface area contributed by atoms with E-state index in [9.17, 15) is 43.2 Å². The number of carbonyl (C=O) groups is 4. The predicted octanol–water partition coefficient (Wildman–Crippen LogP) is 23.9. The monoisotopic (exact) mass is 1450 g/mol. The van der Waals surface area contributed by atoms with Gasteiger partial charge in [0.05, 0.1) is 26.4 Å². The van der Waals surface area contributed by atoms with Gasteiger partial charge in [0, 0.05) is 25.7 Å². The predicted molar refractivity (Wildman–Crippen MR) is 405 cm³/mol. The molecule has 3 N–H and O–H groups in total. The SMILES string of the molecule is CCCCCCCCCCCCCCCCCCCCCCC(=O)O[C@H](COC(=O)CCCCCCCCCCCCCCCCC)COP(=O)(O)OC[C@@H](O)COP(=O)(O)OC[C@@H](COC(=O)CCCCCCCCCC(C)C)OC(=O)CCCCCCCCCCCCC(C)CC. The van der Waals surface area contributed by atoms with Crippen molar-refractivity contribution in [2.24, 2.45) is 11.8 Å². The van der Waals surface area contributed by atoms with E-state index in [4.69, 9.17) is 37.0 Å². The topological polar surface area (TPSA) is 237 Å². The van der Waals surface area contributed by atoms with Crippen LogP contribution in [0.5, 0.6) is 0 Å². The molecule has 6 atom stereocenters. The standard InChI is InChI=1S/C80H156O17P2/c1-7-10-12-14-16-18-20-22-24-25-26-27-28-30-32-34-39-45-52-58-64-79(84)96-75(68-90-77(82)62-56-50-44-38-33-31-29-23-21-19-17-15-13-11-8-2)70-94-98(86,87)92-66-74(81)67-93-99(88,89)95-71-76(69-91-78(83)63-57-51-47-41-42-48-54-60-72(4)5)97-80(85)65-59-53-46-40-36-35-37-43-49-55-61-73(6)9-3/h72-76,81H,7-71H2,1-6H3,(H,86,87)(H,88,89)/t73?,74-,75-,76-/m1/s1. The summed E-state index contributed by atoms with van der Waals surface area (Å²) < 4.78 is 68.7. The average Bonchev–Trinajstić information content (AvgIpc) is 0.964. The summed E-state index contributed by atoms with van der Waals surface area (Å²) in [5.74, 6) is -0.603. The summed E-state index contributed by atoms with van der Waals surface area (Å²) in [6, 6.07) is 0. The summed E-state index contributed by atoms with van der Waals surface area (Å²) in [6.45, 7) is 9.60. The van der Waals surface area contributed by atoms with Gasteiger partial charge < -0.3 is 33.8 Å². The summed E-state index contributed by atoms with van der Waals surface area (Å²) in [4.78, 5) is 73.0. The van der Waals surface area contributed by atoms with E-state index in [1.807, 2.05) is 0 Å². The Morgan fingerprint density at radius 1 is 0.293 bits per heavy atom. The molecule has 0 saturated heterocycles. The third kappa shape index (κ3) is 72.8. The van der Waals surface area contributed by atoms with Gasteiger partial charge in [-0.25, -0.2) is 9.13 Å². The Balaban J connectivity index is 5.23. The minimum absolute atomic E-state index is 0.106. The smallest absolute Gasteiger partial charge is 0.462 e. The Morgan fingerprint density at radius 3 is 0.768 bits per heavy atom. The number of phosphoric ester groups is 2. The van der Waals surface area contributed by atoms with Gasteiger partial charge in [-0.2, -0.15) is 0 Å². The second-order valence-electron chi connectivity index (χ2n) is 29.5. The molecular formula is C80H156O17P2. The van der Waals surface area contributed by atoms with Gasteiger partial charge in [0.1, 0.15) is 19.3 Å². The fourth-order valence-corrected chi connectivity index (χ4v) is 13.9. The zero-order valence-corrected chi connectivity index (χ0v) is 66.6. The van der Waals surface area contributed by atoms with Crippen LogP contribution in [0.4, 0.5) is 0 Å². The van der Waals surface area contributed by atoms with Crippen LogP contribution in [0.3, 0.4) is 0 Å². The largest absolute Gasteiger partial charge is 0.472 e. The van der Waals surface area contributed by atoms with E-state index < -0.39 is 97.5 Å². The van der Waals surface area contributed by atoms with Crippen molar-refractivity contribution in [1.82, 2.24) is 0 Å². The second-order valence-corrected chi connectivity index (χ2v) is 32.4. The van der Waals surface area contributed by atoms with E-state index in [1.165, 1.54) is 231 Å². The summed E-state index contributed by atoms with van der Waals surface area (Å²) >= 11 is 0. The Hall–Kier alpha value is -1.94. The maximum atomic E-state index is 13.1. The lowest BCUT2D eigenvalue weighted by Crippen LogP contribution is -2.30. The van der Waals surface area contributed by atoms with Crippen LogP contribution >= 0.6 is 15.6 Å². The van der Waals surface area contributed by atoms with Crippen LogP contribution in [-0.4, -0.2) is 96.7 Å². The highest BCUT2D eigenvalue weighted by atomic mass is 31.2. The first-order valence-electron chi connectivity index (χ1n) is 41.5. The molecule has 3 unspecified atom stereocenters. The summed E-state index contributed by atoms with van der Waals surface area (Å²) in [5, 5.41) is 10.6. The molecular weight excluding hydrogens is 1290 g/mol. The van der Waals surface area contributed by atoms with Crippen LogP contribution < -0.4 is 0 Å². The van der Waals surface area contributed by atoms with Gasteiger partial charge in [0.25, 0.3) is 0 Å². The van der Waals surface area contributed by atoms with Crippen molar-refractivity contribution in [1.29, 1.82) is 0 Å². The Morgan fingerprint density at radius 2 is 0.515 bits per heavy atom. The van der Waals surface area contributed by atoms with Gasteiger partial charge in [0.2, 0.25) is 0 Å². The normalized spacial score (nSPS) is 14.2. The molecule has 0 aromatic carbocycles. The lowest BCUT2D eigenvalue weighted by atomic mass is 9.99. The minimum Gasteiger partial charge on any atom is -0.462 e. The number of hydrogen-bond acceptors (Lipinski definition) is 15. The van der Waals surface area contributed by atoms with Crippen LogP contribution in [-0.2, 0) is 65.4 Å². The van der Waals surface area contributed by atoms with Crippen molar-refractivity contribution in [3.63, 3.8) is 0 Å². The molecule has 0 spiro atoms. The van der Waals surface area contributed by atoms with Gasteiger partial charge in [0.15, 0.2) is 12.2 Å². The number of aliphatic hydroxyl groups excluding tert-OH is 1. The van der Waals surface area contributed by atoms with Crippen LogP contribution in [0.15, 0.2) is 0 Å². The molecule has 0 aromatic heterocycles. The molecule has 0 radical (unpaired) electrons. The number of rotatable bonds is 79. The van der Waals surface area contributed by atoms with E-state index >= 15 is 0 Å². The van der Waals surface area contributed by atoms with E-state index in [0.717, 1.165) is 102 Å². The van der Waals surface area contributed by atoms with Crippen molar-refractivity contribution in [2.45, 2.75) is 439 Å². The minimum atomic E-state index is -4.96. The third-order valence-corrected chi connectivity index (χ3v) is 21.0. The van der Waals surface area contributed by atoms with E-state index in [0.29, 0.717) is 31.6 Å². The number of ether oxygens (including phenoxy) is 4. The molecule has 0 fully saturated rings. The molecule has 0 aromatic rings. The molecule has 99 heavy (non-hydrogen) atoms. The number of hydrogen-bond donors (Lipinski definition) is 3. The molecule has 588 valence electrons. The highest BCUT2D eigenvalue weighted by Gasteiger charge is 2.30. The van der Waals surface area contributed by atoms with Crippen LogP contribution in [0.2, 0.25) is 0 Å². The molecule has 0 amide bonds. The van der Waals surface area contributed by atoms with Gasteiger partial charge in [-0.3, -0.25) is 37.3 Å². The van der Waals surface area contributed by atoms with E-state index in [1.54, 1.807) is 0 Å². The first kappa shape index (κ1) is 97.1. The van der Waals surface area contributed by atoms with Crippen molar-refractivity contribution >= 4 is 39.5 Å². The molecule has 0 aliphatic rings. The van der Waals surface area contributed by atoms with Crippen LogP contribution in [0.1, 0.15) is 420 Å². The van der Waals surface area contributed by atoms with Gasteiger partial charge in [-0.1, -0.05) is 369 Å². The fourth-order valence-electron chi connectivity index (χ4n) is 12.3. The van der Waals surface area contributed by atoms with Gasteiger partial charge in [-0.05, 0) is 37.5 Å². The molecule has 0 rings (SSSR count). The lowest BCUT2D eigenvalue weighted by molar-refractivity contribution is -0.161. The number of unbranched alkanes of at least 4 members (excludes halogenated alkanes) is 48. The summed E-state index contributed by atoms with van der Waals surface area (Å²) in [7, 11) is -9.92. The first-order valence-corrected chi connectivity index (χ1v) is 44.5. The summed E-state index contributed by atoms with van der Waals surface area (Å²) in [5.41, 5.74) is 0. The lowest BCUT2D eigenvalue weighted by Gasteiger charge is -2.21. The number of carbonyl (C=O) groups excluding carboxylic acids is 4. The molecule has 0 aliphatic carbocycles. The van der Waals surface area contributed by atoms with Gasteiger partial charge in [-0.15, -0.1) is 0 Å². The number of phosphoric acid groups is 2. The highest BCUT2D eigenvalue weighted by molar-refractivity contribution is 7.47. The fraction of sp³-hybridized carbons (Fsp3) is 0.950. The number of esters is 4. The zero-order valence-electron chi connectivity index (χ0n) is 64.8. The average molecular weight is 1450 g/mol. The highest BCUT2D eigenvalue weighted by Crippen LogP contribution is 2.45. The maximum Gasteiger partial charge on any atom is 0.472 e. The Labute approximate surface area is 607 Å². The maximum absolute atomic E-state index is 13.1. The molecule has 19 heteroatoms. The summed E-state index contributed by atoms with van der Waals surface area (Å²) in [6.07, 6.45) is 61.1. The molecule has 0 heterocycles. The van der Waals surface area contributed by atoms with E-state index in [-0.39, 0.29) is 25.7 Å². The quantitative estimate of drug-likeness (QED) is 0.0222. The first-order chi connectivity index (χ1) is 47.9. The van der Waals surface area contributed by atoms with Crippen molar-refractivity contribution < 1.29 is 80.2 Å². The zero-order chi connectivity index (χ0) is 72.8. The van der Waals surface area contributed by atoms with Crippen LogP contribution in [0.25, 0.3) is 0 Å². The van der Waals surface area contributed by atoms with Crippen LogP contribution in [0, 0.1) is 11.8 Å². The Bertz CT molecular complexity index is 1910. The number of aliphatic hydroxyl groups is 1. The molecule has 0 bridgehead atoms. The Kier molecular flexibility index (Phi) is 70.3. The van der Waals surface area contributed by atoms with Crippen molar-refractivity contribution in [3.05, 3.63) is 0 Å². The molecule has 17 nitrogen and oxygen atoms in total. The van der Waals surface area contributed by atoms with Crippen molar-refractivity contribution in [3.8, 4) is 0 Å². The van der Waals surface area contributed by atoms with Crippen molar-refractivity contribution in [2.75, 3.05) is 39.6 Å². The van der Waals surface area contributed by atoms with Gasteiger partial charge >= 0.3 is 39.5 Å². The molecule has 0 aliphatic heterocycles. The van der Waals surface area contributed by atoms with E-state index in [2.05, 4.69) is 41.5 Å². The second kappa shape index (κ2) is 71.7.